The maximum Gasteiger partial charge on any atom is 0.0836 e. The molecule has 1 saturated heterocycles. The molecule has 3 nitrogen and oxygen atoms in total. The van der Waals surface area contributed by atoms with E-state index in [4.69, 9.17) is 4.74 Å². The Morgan fingerprint density at radius 1 is 1.40 bits per heavy atom. The van der Waals surface area contributed by atoms with E-state index >= 15 is 0 Å². The van der Waals surface area contributed by atoms with Gasteiger partial charge in [-0.15, -0.1) is 11.3 Å². The molecule has 1 aliphatic heterocycles. The van der Waals surface area contributed by atoms with Gasteiger partial charge in [-0.2, -0.15) is 0 Å². The average molecular weight is 290 g/mol. The van der Waals surface area contributed by atoms with E-state index in [9.17, 15) is 0 Å². The van der Waals surface area contributed by atoms with Crippen LogP contribution in [0.15, 0.2) is 30.3 Å². The van der Waals surface area contributed by atoms with Gasteiger partial charge in [0.05, 0.1) is 19.4 Å². The molecule has 108 valence electrons. The molecule has 4 heteroatoms. The van der Waals surface area contributed by atoms with E-state index in [1.54, 1.807) is 0 Å². The summed E-state index contributed by atoms with van der Waals surface area (Å²) < 4.78 is 6.91. The summed E-state index contributed by atoms with van der Waals surface area (Å²) in [6.07, 6.45) is 2.74. The number of rotatable bonds is 5. The summed E-state index contributed by atoms with van der Waals surface area (Å²) in [7, 11) is 2.18. The minimum atomic E-state index is 0.381. The quantitative estimate of drug-likeness (QED) is 0.916. The number of aryl methyl sites for hydroxylation is 1. The molecule has 1 atom stereocenters. The average Bonchev–Trinajstić information content (AvgIpc) is 2.90. The molecule has 1 N–H and O–H groups in total. The van der Waals surface area contributed by atoms with Gasteiger partial charge in [0, 0.05) is 16.1 Å². The fraction of sp³-hybridized carbons (Fsp3) is 0.500. The highest BCUT2D eigenvalue weighted by Gasteiger charge is 2.17. The number of likely N-dealkylation sites (N-methyl/N-ethyl adjacent to an activating group) is 1. The van der Waals surface area contributed by atoms with Crippen LogP contribution in [0.1, 0.15) is 11.3 Å². The number of benzene rings is 1. The van der Waals surface area contributed by atoms with Gasteiger partial charge in [-0.25, -0.2) is 0 Å². The Morgan fingerprint density at radius 2 is 2.30 bits per heavy atom. The topological polar surface area (TPSA) is 24.5 Å². The Balaban J connectivity index is 1.49. The molecule has 0 bridgehead atoms. The normalized spacial score (nSPS) is 19.8. The summed E-state index contributed by atoms with van der Waals surface area (Å²) in [5, 5.41) is 4.87. The maximum atomic E-state index is 5.51. The van der Waals surface area contributed by atoms with E-state index in [1.807, 2.05) is 11.3 Å². The van der Waals surface area contributed by atoms with Crippen LogP contribution < -0.4 is 5.32 Å². The predicted molar refractivity (Wildman–Crippen MR) is 85.4 cm³/mol. The number of nitrogens with zero attached hydrogens (tertiary/aromatic N) is 1. The molecule has 3 rings (SSSR count). The fourth-order valence-corrected chi connectivity index (χ4v) is 3.76. The zero-order valence-electron chi connectivity index (χ0n) is 12.0. The molecule has 2 aromatic rings. The van der Waals surface area contributed by atoms with Crippen LogP contribution in [0.4, 0.5) is 0 Å². The molecule has 0 spiro atoms. The number of fused-ring (bicyclic) bond motifs is 1. The van der Waals surface area contributed by atoms with Gasteiger partial charge in [-0.05, 0) is 44.0 Å². The zero-order valence-corrected chi connectivity index (χ0v) is 12.8. The second kappa shape index (κ2) is 6.68. The van der Waals surface area contributed by atoms with Gasteiger partial charge in [0.25, 0.3) is 0 Å². The molecule has 1 fully saturated rings. The van der Waals surface area contributed by atoms with Crippen LogP contribution in [0.5, 0.6) is 0 Å². The molecule has 0 radical (unpaired) electrons. The molecule has 1 aromatic carbocycles. The van der Waals surface area contributed by atoms with Gasteiger partial charge in [0.15, 0.2) is 0 Å². The number of hydrogen-bond donors (Lipinski definition) is 1. The molecule has 0 amide bonds. The van der Waals surface area contributed by atoms with Gasteiger partial charge in [0.2, 0.25) is 0 Å². The summed E-state index contributed by atoms with van der Waals surface area (Å²) in [6, 6.07) is 11.0. The summed E-state index contributed by atoms with van der Waals surface area (Å²) in [5.41, 5.74) is 0. The van der Waals surface area contributed by atoms with E-state index in [0.29, 0.717) is 6.17 Å². The highest BCUT2D eigenvalue weighted by Crippen LogP contribution is 2.26. The summed E-state index contributed by atoms with van der Waals surface area (Å²) in [6.45, 7) is 3.71. The van der Waals surface area contributed by atoms with Crippen molar-refractivity contribution in [3.8, 4) is 0 Å². The highest BCUT2D eigenvalue weighted by atomic mass is 32.1. The predicted octanol–water partition coefficient (Wildman–Crippen LogP) is 2.71. The van der Waals surface area contributed by atoms with Gasteiger partial charge in [-0.1, -0.05) is 18.2 Å². The molecule has 0 aliphatic carbocycles. The first-order valence-electron chi connectivity index (χ1n) is 7.32. The number of ether oxygens (including phenoxy) is 1. The molecule has 2 heterocycles. The first-order chi connectivity index (χ1) is 9.83. The van der Waals surface area contributed by atoms with E-state index in [1.165, 1.54) is 21.4 Å². The zero-order chi connectivity index (χ0) is 13.8. The summed E-state index contributed by atoms with van der Waals surface area (Å²) >= 11 is 1.93. The molecule has 1 aromatic heterocycles. The summed E-state index contributed by atoms with van der Waals surface area (Å²) in [5.74, 6) is 0. The number of hydrogen-bond acceptors (Lipinski definition) is 4. The molecule has 0 saturated carbocycles. The van der Waals surface area contributed by atoms with Gasteiger partial charge >= 0.3 is 0 Å². The van der Waals surface area contributed by atoms with Crippen molar-refractivity contribution in [3.05, 3.63) is 35.2 Å². The van der Waals surface area contributed by atoms with Gasteiger partial charge in [0.1, 0.15) is 0 Å². The van der Waals surface area contributed by atoms with Crippen molar-refractivity contribution in [2.45, 2.75) is 19.0 Å². The molecule has 20 heavy (non-hydrogen) atoms. The minimum Gasteiger partial charge on any atom is -0.377 e. The second-order valence-corrected chi connectivity index (χ2v) is 6.55. The Bertz CT molecular complexity index is 515. The van der Waals surface area contributed by atoms with Crippen molar-refractivity contribution < 1.29 is 4.74 Å². The van der Waals surface area contributed by atoms with Crippen LogP contribution >= 0.6 is 11.3 Å². The minimum absolute atomic E-state index is 0.381. The second-order valence-electron chi connectivity index (χ2n) is 5.38. The van der Waals surface area contributed by atoms with Crippen molar-refractivity contribution in [3.63, 3.8) is 0 Å². The lowest BCUT2D eigenvalue weighted by Crippen LogP contribution is -2.51. The van der Waals surface area contributed by atoms with E-state index in [2.05, 4.69) is 47.6 Å². The lowest BCUT2D eigenvalue weighted by Gasteiger charge is -2.32. The number of thiophene rings is 1. The van der Waals surface area contributed by atoms with Crippen LogP contribution in [-0.4, -0.2) is 44.4 Å². The number of nitrogens with one attached hydrogen (secondary N) is 1. The third-order valence-corrected chi connectivity index (χ3v) is 5.02. The molecular formula is C16H22N2OS. The smallest absolute Gasteiger partial charge is 0.0836 e. The molecular weight excluding hydrogens is 268 g/mol. The molecule has 1 unspecified atom stereocenters. The van der Waals surface area contributed by atoms with E-state index in [-0.39, 0.29) is 0 Å². The fourth-order valence-electron chi connectivity index (χ4n) is 2.65. The van der Waals surface area contributed by atoms with Crippen molar-refractivity contribution in [1.29, 1.82) is 0 Å². The van der Waals surface area contributed by atoms with E-state index in [0.717, 1.165) is 32.7 Å². The number of morpholine rings is 1. The third kappa shape index (κ3) is 3.38. The monoisotopic (exact) mass is 290 g/mol. The largest absolute Gasteiger partial charge is 0.377 e. The Morgan fingerprint density at radius 3 is 3.10 bits per heavy atom. The first kappa shape index (κ1) is 14.0. The van der Waals surface area contributed by atoms with Crippen molar-refractivity contribution >= 4 is 21.4 Å². The van der Waals surface area contributed by atoms with Crippen LogP contribution in [0.2, 0.25) is 0 Å². The SMILES string of the molecule is CN(CCCc1cc2ccccc2s1)C1COCCN1. The lowest BCUT2D eigenvalue weighted by atomic mass is 10.2. The third-order valence-electron chi connectivity index (χ3n) is 3.84. The van der Waals surface area contributed by atoms with Crippen molar-refractivity contribution in [2.24, 2.45) is 0 Å². The van der Waals surface area contributed by atoms with Gasteiger partial charge < -0.3 is 4.74 Å². The van der Waals surface area contributed by atoms with Crippen molar-refractivity contribution in [2.75, 3.05) is 33.4 Å². The van der Waals surface area contributed by atoms with Crippen LogP contribution in [-0.2, 0) is 11.2 Å². The standard InChI is InChI=1S/C16H22N2OS/c1-18(16-12-19-10-8-17-16)9-4-6-14-11-13-5-2-3-7-15(13)20-14/h2-3,5,7,11,16-17H,4,6,8-10,12H2,1H3. The molecule has 1 aliphatic rings. The van der Waals surface area contributed by atoms with Crippen LogP contribution in [0.3, 0.4) is 0 Å². The van der Waals surface area contributed by atoms with Crippen LogP contribution in [0.25, 0.3) is 10.1 Å². The highest BCUT2D eigenvalue weighted by molar-refractivity contribution is 7.19. The van der Waals surface area contributed by atoms with Gasteiger partial charge in [-0.3, -0.25) is 10.2 Å². The Labute approximate surface area is 124 Å². The van der Waals surface area contributed by atoms with E-state index < -0.39 is 0 Å². The first-order valence-corrected chi connectivity index (χ1v) is 8.13. The lowest BCUT2D eigenvalue weighted by molar-refractivity contribution is 0.0191. The Hall–Kier alpha value is -0.940. The maximum absolute atomic E-state index is 5.51. The van der Waals surface area contributed by atoms with Crippen LogP contribution in [0, 0.1) is 0 Å². The van der Waals surface area contributed by atoms with Crippen molar-refractivity contribution in [1.82, 2.24) is 10.2 Å². The summed E-state index contributed by atoms with van der Waals surface area (Å²) in [4.78, 5) is 3.86. The Kier molecular flexibility index (Phi) is 4.68.